The molecule has 136 valence electrons. The van der Waals surface area contributed by atoms with Crippen LogP contribution in [0.5, 0.6) is 11.5 Å². The number of fused-ring (bicyclic) bond motifs is 1. The van der Waals surface area contributed by atoms with Gasteiger partial charge in [0.1, 0.15) is 30.5 Å². The van der Waals surface area contributed by atoms with Crippen LogP contribution >= 0.6 is 0 Å². The summed E-state index contributed by atoms with van der Waals surface area (Å²) in [5.41, 5.74) is 0.591. The standard InChI is InChI=1S/C19H19FN2O4/c1-21(10-11-25-15-8-6-14(20)7-9-15)18(23)12-22-16-4-2-3-5-17(16)26-13-19(22)24/h2-9H,10-13H2,1H3. The minimum atomic E-state index is -0.333. The lowest BCUT2D eigenvalue weighted by Gasteiger charge is -2.30. The van der Waals surface area contributed by atoms with Crippen LogP contribution in [0.2, 0.25) is 0 Å². The summed E-state index contributed by atoms with van der Waals surface area (Å²) in [6.45, 7) is 0.464. The highest BCUT2D eigenvalue weighted by molar-refractivity contribution is 6.02. The molecule has 0 aromatic heterocycles. The summed E-state index contributed by atoms with van der Waals surface area (Å²) in [5.74, 6) is 0.317. The first-order valence-corrected chi connectivity index (χ1v) is 8.19. The van der Waals surface area contributed by atoms with Crippen molar-refractivity contribution in [2.24, 2.45) is 0 Å². The Bertz CT molecular complexity index is 794. The predicted octanol–water partition coefficient (Wildman–Crippen LogP) is 2.09. The number of anilines is 1. The Balaban J connectivity index is 1.54. The van der Waals surface area contributed by atoms with Gasteiger partial charge in [-0.2, -0.15) is 0 Å². The molecule has 2 amide bonds. The van der Waals surface area contributed by atoms with Crippen molar-refractivity contribution in [2.45, 2.75) is 0 Å². The molecule has 1 aliphatic rings. The average Bonchev–Trinajstić information content (AvgIpc) is 2.65. The summed E-state index contributed by atoms with van der Waals surface area (Å²) in [5, 5.41) is 0. The van der Waals surface area contributed by atoms with E-state index in [2.05, 4.69) is 0 Å². The van der Waals surface area contributed by atoms with E-state index in [9.17, 15) is 14.0 Å². The van der Waals surface area contributed by atoms with E-state index in [4.69, 9.17) is 9.47 Å². The van der Waals surface area contributed by atoms with Crippen LogP contribution in [0, 0.1) is 5.82 Å². The number of amides is 2. The normalized spacial score (nSPS) is 13.0. The molecule has 1 aliphatic heterocycles. The fraction of sp³-hybridized carbons (Fsp3) is 0.263. The highest BCUT2D eigenvalue weighted by atomic mass is 19.1. The van der Waals surface area contributed by atoms with Crippen LogP contribution in [0.25, 0.3) is 0 Å². The summed E-state index contributed by atoms with van der Waals surface area (Å²) < 4.78 is 23.7. The number of benzene rings is 2. The number of ether oxygens (including phenoxy) is 2. The Kier molecular flexibility index (Phi) is 5.36. The summed E-state index contributed by atoms with van der Waals surface area (Å²) in [6.07, 6.45) is 0. The highest BCUT2D eigenvalue weighted by Crippen LogP contribution is 2.31. The van der Waals surface area contributed by atoms with Gasteiger partial charge < -0.3 is 14.4 Å². The summed E-state index contributed by atoms with van der Waals surface area (Å²) >= 11 is 0. The molecule has 3 rings (SSSR count). The number of carbonyl (C=O) groups is 2. The molecule has 0 aliphatic carbocycles. The van der Waals surface area contributed by atoms with Crippen molar-refractivity contribution in [3.05, 3.63) is 54.3 Å². The molecule has 2 aromatic rings. The van der Waals surface area contributed by atoms with Crippen LogP contribution in [0.15, 0.2) is 48.5 Å². The SMILES string of the molecule is CN(CCOc1ccc(F)cc1)C(=O)CN1C(=O)COc2ccccc21. The van der Waals surface area contributed by atoms with Crippen molar-refractivity contribution < 1.29 is 23.5 Å². The molecular formula is C19H19FN2O4. The molecule has 6 nitrogen and oxygen atoms in total. The molecule has 26 heavy (non-hydrogen) atoms. The minimum absolute atomic E-state index is 0.0632. The highest BCUT2D eigenvalue weighted by Gasteiger charge is 2.27. The van der Waals surface area contributed by atoms with Crippen molar-refractivity contribution >= 4 is 17.5 Å². The third-order valence-electron chi connectivity index (χ3n) is 4.04. The fourth-order valence-corrected chi connectivity index (χ4v) is 2.54. The average molecular weight is 358 g/mol. The Morgan fingerprint density at radius 2 is 1.96 bits per heavy atom. The molecule has 0 unspecified atom stereocenters. The monoisotopic (exact) mass is 358 g/mol. The Labute approximate surface area is 150 Å². The van der Waals surface area contributed by atoms with Crippen LogP contribution in [-0.4, -0.2) is 50.1 Å². The largest absolute Gasteiger partial charge is 0.492 e. The van der Waals surface area contributed by atoms with Crippen molar-refractivity contribution in [2.75, 3.05) is 38.3 Å². The zero-order valence-electron chi connectivity index (χ0n) is 14.4. The number of hydrogen-bond donors (Lipinski definition) is 0. The van der Waals surface area contributed by atoms with E-state index in [-0.39, 0.29) is 37.4 Å². The van der Waals surface area contributed by atoms with E-state index in [1.807, 2.05) is 6.07 Å². The lowest BCUT2D eigenvalue weighted by molar-refractivity contribution is -0.131. The first-order valence-electron chi connectivity index (χ1n) is 8.19. The molecule has 0 saturated heterocycles. The quantitative estimate of drug-likeness (QED) is 0.793. The summed E-state index contributed by atoms with van der Waals surface area (Å²) in [4.78, 5) is 27.5. The second-order valence-electron chi connectivity index (χ2n) is 5.85. The van der Waals surface area contributed by atoms with Gasteiger partial charge in [0.05, 0.1) is 12.2 Å². The second kappa shape index (κ2) is 7.86. The van der Waals surface area contributed by atoms with Crippen molar-refractivity contribution in [1.82, 2.24) is 4.90 Å². The van der Waals surface area contributed by atoms with Crippen LogP contribution in [0.1, 0.15) is 0 Å². The lowest BCUT2D eigenvalue weighted by atomic mass is 10.2. The van der Waals surface area contributed by atoms with Crippen molar-refractivity contribution in [3.63, 3.8) is 0 Å². The van der Waals surface area contributed by atoms with Crippen LogP contribution in [0.3, 0.4) is 0 Å². The summed E-state index contributed by atoms with van der Waals surface area (Å²) in [7, 11) is 1.65. The van der Waals surface area contributed by atoms with Gasteiger partial charge in [0.25, 0.3) is 5.91 Å². The molecule has 0 atom stereocenters. The predicted molar refractivity (Wildman–Crippen MR) is 93.8 cm³/mol. The van der Waals surface area contributed by atoms with Crippen LogP contribution in [0.4, 0.5) is 10.1 Å². The van der Waals surface area contributed by atoms with Gasteiger partial charge in [0.15, 0.2) is 6.61 Å². The van der Waals surface area contributed by atoms with E-state index in [1.54, 1.807) is 25.2 Å². The van der Waals surface area contributed by atoms with E-state index >= 15 is 0 Å². The molecule has 7 heteroatoms. The number of halogens is 1. The molecule has 0 bridgehead atoms. The maximum absolute atomic E-state index is 12.9. The number of rotatable bonds is 6. The maximum atomic E-state index is 12.9. The van der Waals surface area contributed by atoms with Gasteiger partial charge in [-0.25, -0.2) is 4.39 Å². The first-order chi connectivity index (χ1) is 12.5. The topological polar surface area (TPSA) is 59.1 Å². The molecule has 0 spiro atoms. The number of carbonyl (C=O) groups excluding carboxylic acids is 2. The zero-order valence-corrected chi connectivity index (χ0v) is 14.4. The number of hydrogen-bond acceptors (Lipinski definition) is 4. The number of likely N-dealkylation sites (N-methyl/N-ethyl adjacent to an activating group) is 1. The zero-order chi connectivity index (χ0) is 18.5. The van der Waals surface area contributed by atoms with Gasteiger partial charge in [-0.3, -0.25) is 14.5 Å². The van der Waals surface area contributed by atoms with Crippen LogP contribution in [-0.2, 0) is 9.59 Å². The molecule has 0 radical (unpaired) electrons. The molecule has 0 saturated carbocycles. The fourth-order valence-electron chi connectivity index (χ4n) is 2.54. The van der Waals surface area contributed by atoms with Gasteiger partial charge in [-0.1, -0.05) is 12.1 Å². The number of para-hydroxylation sites is 2. The third-order valence-corrected chi connectivity index (χ3v) is 4.04. The molecule has 0 N–H and O–H groups in total. The Morgan fingerprint density at radius 1 is 1.23 bits per heavy atom. The number of nitrogens with zero attached hydrogens (tertiary/aromatic N) is 2. The molecule has 1 heterocycles. The minimum Gasteiger partial charge on any atom is -0.492 e. The third kappa shape index (κ3) is 4.11. The molecule has 2 aromatic carbocycles. The molecule has 0 fully saturated rings. The van der Waals surface area contributed by atoms with Gasteiger partial charge in [-0.15, -0.1) is 0 Å². The van der Waals surface area contributed by atoms with Gasteiger partial charge in [0.2, 0.25) is 5.91 Å². The Morgan fingerprint density at radius 3 is 2.73 bits per heavy atom. The molecular weight excluding hydrogens is 339 g/mol. The first kappa shape index (κ1) is 17.7. The van der Waals surface area contributed by atoms with E-state index < -0.39 is 0 Å². The van der Waals surface area contributed by atoms with Gasteiger partial charge in [-0.05, 0) is 36.4 Å². The van der Waals surface area contributed by atoms with Gasteiger partial charge in [0, 0.05) is 7.05 Å². The van der Waals surface area contributed by atoms with E-state index in [0.717, 1.165) is 0 Å². The maximum Gasteiger partial charge on any atom is 0.265 e. The lowest BCUT2D eigenvalue weighted by Crippen LogP contribution is -2.46. The Hall–Kier alpha value is -3.09. The second-order valence-corrected chi connectivity index (χ2v) is 5.85. The van der Waals surface area contributed by atoms with E-state index in [1.165, 1.54) is 34.1 Å². The van der Waals surface area contributed by atoms with Crippen LogP contribution < -0.4 is 14.4 Å². The van der Waals surface area contributed by atoms with E-state index in [0.29, 0.717) is 23.7 Å². The van der Waals surface area contributed by atoms with Crippen molar-refractivity contribution in [3.8, 4) is 11.5 Å². The summed E-state index contributed by atoms with van der Waals surface area (Å²) in [6, 6.07) is 12.8. The smallest absolute Gasteiger partial charge is 0.265 e. The van der Waals surface area contributed by atoms with Crippen molar-refractivity contribution in [1.29, 1.82) is 0 Å². The van der Waals surface area contributed by atoms with Gasteiger partial charge >= 0.3 is 0 Å².